The maximum Gasteiger partial charge on any atom is 0.0494 e. The summed E-state index contributed by atoms with van der Waals surface area (Å²) in [5.74, 6) is 0. The van der Waals surface area contributed by atoms with Crippen molar-refractivity contribution < 1.29 is 0 Å². The number of rotatable bonds is 0. The molecule has 0 aliphatic heterocycles. The van der Waals surface area contributed by atoms with Gasteiger partial charge < -0.3 is 0 Å². The highest BCUT2D eigenvalue weighted by Gasteiger charge is 2.16. The smallest absolute Gasteiger partial charge is 0.0494 e. The van der Waals surface area contributed by atoms with Crippen molar-refractivity contribution in [2.24, 2.45) is 0 Å². The molecule has 2 heterocycles. The van der Waals surface area contributed by atoms with Gasteiger partial charge in [-0.3, -0.25) is 0 Å². The Hall–Kier alpha value is -0.600. The minimum absolute atomic E-state index is 1.24. The van der Waals surface area contributed by atoms with Crippen molar-refractivity contribution in [3.8, 4) is 0 Å². The molecular weight excluding hydrogens is 220 g/mol. The van der Waals surface area contributed by atoms with E-state index in [1.165, 1.54) is 39.3 Å². The van der Waals surface area contributed by atoms with Gasteiger partial charge >= 0.3 is 0 Å². The molecule has 0 nitrogen and oxygen atoms in total. The lowest BCUT2D eigenvalue weighted by Gasteiger charge is -1.95. The molecule has 78 valence electrons. The van der Waals surface area contributed by atoms with Crippen LogP contribution in [-0.2, 0) is 6.42 Å². The monoisotopic (exact) mass is 234 g/mol. The molecule has 1 aliphatic rings. The van der Waals surface area contributed by atoms with E-state index in [9.17, 15) is 0 Å². The van der Waals surface area contributed by atoms with Gasteiger partial charge in [-0.25, -0.2) is 0 Å². The highest BCUT2D eigenvalue weighted by molar-refractivity contribution is 7.28. The minimum Gasteiger partial charge on any atom is -0.139 e. The lowest BCUT2D eigenvalue weighted by atomic mass is 10.1. The van der Waals surface area contributed by atoms with E-state index in [0.717, 1.165) is 0 Å². The molecule has 0 unspecified atom stereocenters. The van der Waals surface area contributed by atoms with Gasteiger partial charge in [0.25, 0.3) is 0 Å². The molecule has 0 radical (unpaired) electrons. The lowest BCUT2D eigenvalue weighted by molar-refractivity contribution is 0.859. The Morgan fingerprint density at radius 2 is 2.00 bits per heavy atom. The molecule has 0 N–H and O–H groups in total. The molecule has 0 amide bonds. The van der Waals surface area contributed by atoms with Gasteiger partial charge in [-0.2, -0.15) is 0 Å². The molecule has 2 heteroatoms. The second-order valence-corrected chi connectivity index (χ2v) is 6.46. The van der Waals surface area contributed by atoms with Crippen LogP contribution in [0.5, 0.6) is 0 Å². The predicted octanol–water partition coefficient (Wildman–Crippen LogP) is 4.93. The van der Waals surface area contributed by atoms with E-state index in [-0.39, 0.29) is 0 Å². The molecule has 1 aliphatic carbocycles. The summed E-state index contributed by atoms with van der Waals surface area (Å²) in [6.07, 6.45) is 8.47. The van der Waals surface area contributed by atoms with Gasteiger partial charge in [0.05, 0.1) is 0 Å². The van der Waals surface area contributed by atoms with E-state index in [1.807, 2.05) is 22.7 Å². The maximum absolute atomic E-state index is 2.33. The summed E-state index contributed by atoms with van der Waals surface area (Å²) >= 11 is 3.97. The third kappa shape index (κ3) is 1.39. The van der Waals surface area contributed by atoms with Gasteiger partial charge in [-0.05, 0) is 50.3 Å². The average molecular weight is 234 g/mol. The zero-order valence-corrected chi connectivity index (χ0v) is 10.7. The van der Waals surface area contributed by atoms with Crippen molar-refractivity contribution in [1.29, 1.82) is 0 Å². The third-order valence-electron chi connectivity index (χ3n) is 3.18. The highest BCUT2D eigenvalue weighted by Crippen LogP contribution is 2.42. The van der Waals surface area contributed by atoms with Crippen LogP contribution in [0.4, 0.5) is 0 Å². The van der Waals surface area contributed by atoms with E-state index >= 15 is 0 Å². The molecule has 15 heavy (non-hydrogen) atoms. The van der Waals surface area contributed by atoms with Crippen molar-refractivity contribution in [2.75, 3.05) is 0 Å². The second kappa shape index (κ2) is 3.46. The van der Waals surface area contributed by atoms with Crippen molar-refractivity contribution in [3.05, 3.63) is 27.0 Å². The largest absolute Gasteiger partial charge is 0.139 e. The van der Waals surface area contributed by atoms with Gasteiger partial charge in [0.2, 0.25) is 0 Å². The molecule has 0 bridgehead atoms. The van der Waals surface area contributed by atoms with Crippen LogP contribution in [0, 0.1) is 13.8 Å². The van der Waals surface area contributed by atoms with Crippen LogP contribution >= 0.6 is 22.7 Å². The van der Waals surface area contributed by atoms with Gasteiger partial charge in [0.15, 0.2) is 0 Å². The first-order chi connectivity index (χ1) is 7.27. The standard InChI is InChI=1S/C13H14S2/c1-8-9(2)14-13-10-6-4-3-5-7-11(10)15-12(8)13/h5,7H,3-4,6H2,1-2H3. The Kier molecular flexibility index (Phi) is 2.22. The normalized spacial score (nSPS) is 15.6. The summed E-state index contributed by atoms with van der Waals surface area (Å²) in [5.41, 5.74) is 3.12. The van der Waals surface area contributed by atoms with Crippen LogP contribution in [0.3, 0.4) is 0 Å². The summed E-state index contributed by atoms with van der Waals surface area (Å²) in [7, 11) is 0. The van der Waals surface area contributed by atoms with Crippen LogP contribution < -0.4 is 0 Å². The van der Waals surface area contributed by atoms with E-state index in [0.29, 0.717) is 0 Å². The van der Waals surface area contributed by atoms with Gasteiger partial charge in [-0.1, -0.05) is 6.08 Å². The van der Waals surface area contributed by atoms with Crippen LogP contribution in [0.2, 0.25) is 0 Å². The molecule has 0 fully saturated rings. The molecule has 0 aromatic carbocycles. The first kappa shape index (κ1) is 9.61. The van der Waals surface area contributed by atoms with Crippen LogP contribution in [0.25, 0.3) is 15.5 Å². The quantitative estimate of drug-likeness (QED) is 0.606. The van der Waals surface area contributed by atoms with Crippen molar-refractivity contribution in [2.45, 2.75) is 33.1 Å². The molecule has 3 rings (SSSR count). The van der Waals surface area contributed by atoms with Gasteiger partial charge in [0.1, 0.15) is 0 Å². The molecular formula is C13H14S2. The van der Waals surface area contributed by atoms with Crippen LogP contribution in [-0.4, -0.2) is 0 Å². The number of fused-ring (bicyclic) bond motifs is 3. The Bertz CT molecular complexity index is 540. The van der Waals surface area contributed by atoms with E-state index in [1.54, 1.807) is 10.3 Å². The fourth-order valence-corrected chi connectivity index (χ4v) is 4.92. The molecule has 0 saturated heterocycles. The number of hydrogen-bond acceptors (Lipinski definition) is 2. The Labute approximate surface area is 98.3 Å². The number of aryl methyl sites for hydroxylation is 3. The summed E-state index contributed by atoms with van der Waals surface area (Å²) in [4.78, 5) is 3.00. The summed E-state index contributed by atoms with van der Waals surface area (Å²) in [6, 6.07) is 0. The number of thiophene rings is 2. The summed E-state index contributed by atoms with van der Waals surface area (Å²) in [5, 5.41) is 0. The molecule has 0 saturated carbocycles. The number of allylic oxidation sites excluding steroid dienone is 1. The predicted molar refractivity (Wildman–Crippen MR) is 71.1 cm³/mol. The molecule has 0 spiro atoms. The van der Waals surface area contributed by atoms with Crippen LogP contribution in [0.15, 0.2) is 6.08 Å². The van der Waals surface area contributed by atoms with Gasteiger partial charge in [0, 0.05) is 19.2 Å². The first-order valence-corrected chi connectivity index (χ1v) is 7.08. The third-order valence-corrected chi connectivity index (χ3v) is 5.89. The molecule has 0 atom stereocenters. The van der Waals surface area contributed by atoms with Crippen molar-refractivity contribution in [3.63, 3.8) is 0 Å². The topological polar surface area (TPSA) is 0 Å². The fourth-order valence-electron chi connectivity index (χ4n) is 2.17. The SMILES string of the molecule is Cc1sc2c3c(sc2c1C)C=CCCC3. The van der Waals surface area contributed by atoms with E-state index in [2.05, 4.69) is 26.0 Å². The molecule has 2 aromatic heterocycles. The Morgan fingerprint density at radius 3 is 2.87 bits per heavy atom. The lowest BCUT2D eigenvalue weighted by Crippen LogP contribution is -1.80. The zero-order valence-electron chi connectivity index (χ0n) is 9.09. The zero-order chi connectivity index (χ0) is 10.4. The number of hydrogen-bond donors (Lipinski definition) is 0. The Balaban J connectivity index is 2.33. The Morgan fingerprint density at radius 1 is 1.13 bits per heavy atom. The average Bonchev–Trinajstić information content (AvgIpc) is 2.58. The summed E-state index contributed by atoms with van der Waals surface area (Å²) in [6.45, 7) is 4.50. The minimum atomic E-state index is 1.24. The van der Waals surface area contributed by atoms with Gasteiger partial charge in [-0.15, -0.1) is 22.7 Å². The van der Waals surface area contributed by atoms with Crippen molar-refractivity contribution in [1.82, 2.24) is 0 Å². The van der Waals surface area contributed by atoms with E-state index in [4.69, 9.17) is 0 Å². The van der Waals surface area contributed by atoms with E-state index < -0.39 is 0 Å². The molecule has 2 aromatic rings. The second-order valence-electron chi connectivity index (χ2n) is 4.18. The van der Waals surface area contributed by atoms with Crippen molar-refractivity contribution >= 4 is 38.1 Å². The highest BCUT2D eigenvalue weighted by atomic mass is 32.1. The summed E-state index contributed by atoms with van der Waals surface area (Å²) < 4.78 is 3.10. The van der Waals surface area contributed by atoms with Crippen LogP contribution in [0.1, 0.15) is 33.7 Å². The maximum atomic E-state index is 2.33. The fraction of sp³-hybridized carbons (Fsp3) is 0.385. The first-order valence-electron chi connectivity index (χ1n) is 5.45.